The van der Waals surface area contributed by atoms with E-state index in [1.54, 1.807) is 13.0 Å². The minimum absolute atomic E-state index is 0.0833. The van der Waals surface area contributed by atoms with Crippen LogP contribution in [0.15, 0.2) is 47.4 Å². The Hall–Kier alpha value is -2.98. The lowest BCUT2D eigenvalue weighted by Gasteiger charge is -2.30. The molecule has 0 unspecified atom stereocenters. The summed E-state index contributed by atoms with van der Waals surface area (Å²) in [6.07, 6.45) is 0.756. The summed E-state index contributed by atoms with van der Waals surface area (Å²) in [5.74, 6) is -1.40. The van der Waals surface area contributed by atoms with Gasteiger partial charge in [0.25, 0.3) is 0 Å². The smallest absolute Gasteiger partial charge is 0.338 e. The van der Waals surface area contributed by atoms with Crippen molar-refractivity contribution >= 4 is 21.9 Å². The molecule has 1 saturated heterocycles. The highest BCUT2D eigenvalue weighted by Crippen LogP contribution is 2.25. The number of piperidine rings is 1. The molecule has 0 aliphatic carbocycles. The number of sulfonamides is 1. The predicted molar refractivity (Wildman–Crippen MR) is 119 cm³/mol. The fourth-order valence-corrected chi connectivity index (χ4v) is 5.11. The third-order valence-corrected chi connectivity index (χ3v) is 7.42. The Kier molecular flexibility index (Phi) is 8.04. The zero-order valence-electron chi connectivity index (χ0n) is 18.5. The van der Waals surface area contributed by atoms with E-state index >= 15 is 0 Å². The number of halogens is 1. The maximum atomic E-state index is 13.8. The van der Waals surface area contributed by atoms with Crippen LogP contribution in [0.4, 0.5) is 4.39 Å². The van der Waals surface area contributed by atoms with Gasteiger partial charge < -0.3 is 14.8 Å². The Morgan fingerprint density at radius 3 is 2.36 bits per heavy atom. The van der Waals surface area contributed by atoms with E-state index in [4.69, 9.17) is 9.47 Å². The van der Waals surface area contributed by atoms with Crippen molar-refractivity contribution in [3.63, 3.8) is 0 Å². The number of esters is 1. The van der Waals surface area contributed by atoms with Crippen LogP contribution in [0.2, 0.25) is 0 Å². The van der Waals surface area contributed by atoms with Crippen LogP contribution in [0.5, 0.6) is 5.75 Å². The van der Waals surface area contributed by atoms with Gasteiger partial charge in [-0.15, -0.1) is 0 Å². The average Bonchev–Trinajstić information content (AvgIpc) is 2.83. The molecule has 2 aromatic rings. The number of ether oxygens (including phenoxy) is 2. The standard InChI is InChI=1S/C23H27FN2O6S/c1-3-32-23(28)18-5-7-19(8-6-18)33(29,30)26-12-10-17(11-13-26)22(27)25-15-16-4-9-21(31-2)20(24)14-16/h4-9,14,17H,3,10-13,15H2,1-2H3,(H,25,27). The fraction of sp³-hybridized carbons (Fsp3) is 0.391. The van der Waals surface area contributed by atoms with Crippen molar-refractivity contribution in [3.05, 3.63) is 59.4 Å². The molecule has 0 atom stereocenters. The molecule has 0 saturated carbocycles. The van der Waals surface area contributed by atoms with Gasteiger partial charge in [0.05, 0.1) is 24.2 Å². The Morgan fingerprint density at radius 2 is 1.79 bits per heavy atom. The summed E-state index contributed by atoms with van der Waals surface area (Å²) in [6, 6.07) is 10.1. The van der Waals surface area contributed by atoms with Crippen molar-refractivity contribution < 1.29 is 31.9 Å². The molecule has 0 aromatic heterocycles. The van der Waals surface area contributed by atoms with E-state index in [2.05, 4.69) is 5.32 Å². The molecular weight excluding hydrogens is 451 g/mol. The molecule has 2 aromatic carbocycles. The van der Waals surface area contributed by atoms with E-state index in [-0.39, 0.29) is 54.3 Å². The Balaban J connectivity index is 1.54. The zero-order chi connectivity index (χ0) is 24.0. The van der Waals surface area contributed by atoms with Gasteiger partial charge in [0.15, 0.2) is 11.6 Å². The van der Waals surface area contributed by atoms with Gasteiger partial charge in [-0.2, -0.15) is 4.31 Å². The van der Waals surface area contributed by atoms with E-state index in [0.29, 0.717) is 18.4 Å². The molecule has 8 nitrogen and oxygen atoms in total. The van der Waals surface area contributed by atoms with Crippen LogP contribution in [0.25, 0.3) is 0 Å². The molecular formula is C23H27FN2O6S. The summed E-state index contributed by atoms with van der Waals surface area (Å²) < 4.78 is 50.8. The second-order valence-corrected chi connectivity index (χ2v) is 9.55. The van der Waals surface area contributed by atoms with Crippen LogP contribution < -0.4 is 10.1 Å². The van der Waals surface area contributed by atoms with Gasteiger partial charge in [0.1, 0.15) is 0 Å². The molecule has 0 spiro atoms. The number of nitrogens with one attached hydrogen (secondary N) is 1. The van der Waals surface area contributed by atoms with Gasteiger partial charge in [-0.1, -0.05) is 6.07 Å². The van der Waals surface area contributed by atoms with E-state index in [0.717, 1.165) is 0 Å². The second kappa shape index (κ2) is 10.8. The van der Waals surface area contributed by atoms with Crippen molar-refractivity contribution in [2.24, 2.45) is 5.92 Å². The van der Waals surface area contributed by atoms with Gasteiger partial charge in [0.2, 0.25) is 15.9 Å². The number of benzene rings is 2. The van der Waals surface area contributed by atoms with Crippen molar-refractivity contribution in [2.75, 3.05) is 26.8 Å². The minimum atomic E-state index is -3.74. The topological polar surface area (TPSA) is 102 Å². The molecule has 1 heterocycles. The van der Waals surface area contributed by atoms with Crippen LogP contribution in [0.1, 0.15) is 35.7 Å². The number of hydrogen-bond acceptors (Lipinski definition) is 6. The first-order valence-electron chi connectivity index (χ1n) is 10.6. The summed E-state index contributed by atoms with van der Waals surface area (Å²) in [5.41, 5.74) is 0.885. The summed E-state index contributed by atoms with van der Waals surface area (Å²) >= 11 is 0. The monoisotopic (exact) mass is 478 g/mol. The molecule has 33 heavy (non-hydrogen) atoms. The van der Waals surface area contributed by atoms with E-state index in [1.807, 2.05) is 0 Å². The lowest BCUT2D eigenvalue weighted by molar-refractivity contribution is -0.126. The number of carbonyl (C=O) groups is 2. The Labute approximate surface area is 192 Å². The third kappa shape index (κ3) is 5.88. The van der Waals surface area contributed by atoms with Crippen LogP contribution >= 0.6 is 0 Å². The molecule has 178 valence electrons. The van der Waals surface area contributed by atoms with Gasteiger partial charge in [0, 0.05) is 25.6 Å². The van der Waals surface area contributed by atoms with Gasteiger partial charge in [-0.3, -0.25) is 4.79 Å². The van der Waals surface area contributed by atoms with Crippen molar-refractivity contribution in [2.45, 2.75) is 31.2 Å². The molecule has 1 N–H and O–H groups in total. The van der Waals surface area contributed by atoms with Gasteiger partial charge in [-0.05, 0) is 61.7 Å². The maximum Gasteiger partial charge on any atom is 0.338 e. The summed E-state index contributed by atoms with van der Waals surface area (Å²) in [5, 5.41) is 2.79. The van der Waals surface area contributed by atoms with E-state index < -0.39 is 21.8 Å². The summed E-state index contributed by atoms with van der Waals surface area (Å²) in [4.78, 5) is 24.4. The van der Waals surface area contributed by atoms with Gasteiger partial charge in [-0.25, -0.2) is 17.6 Å². The molecule has 1 amide bonds. The number of nitrogens with zero attached hydrogens (tertiary/aromatic N) is 1. The van der Waals surface area contributed by atoms with Crippen molar-refractivity contribution in [1.82, 2.24) is 9.62 Å². The predicted octanol–water partition coefficient (Wildman–Crippen LogP) is 2.73. The highest BCUT2D eigenvalue weighted by molar-refractivity contribution is 7.89. The largest absolute Gasteiger partial charge is 0.494 e. The molecule has 0 radical (unpaired) electrons. The van der Waals surface area contributed by atoms with E-state index in [1.165, 1.54) is 47.8 Å². The summed E-state index contributed by atoms with van der Waals surface area (Å²) in [6.45, 7) is 2.51. The Bertz CT molecular complexity index is 1100. The van der Waals surface area contributed by atoms with Crippen LogP contribution in [-0.4, -0.2) is 51.4 Å². The average molecular weight is 479 g/mol. The molecule has 3 rings (SSSR count). The maximum absolute atomic E-state index is 13.8. The van der Waals surface area contributed by atoms with Crippen LogP contribution in [0.3, 0.4) is 0 Å². The fourth-order valence-electron chi connectivity index (χ4n) is 3.64. The SMILES string of the molecule is CCOC(=O)c1ccc(S(=O)(=O)N2CCC(C(=O)NCc3ccc(OC)c(F)c3)CC2)cc1. The number of methoxy groups -OCH3 is 1. The number of rotatable bonds is 8. The second-order valence-electron chi connectivity index (χ2n) is 7.61. The highest BCUT2D eigenvalue weighted by atomic mass is 32.2. The quantitative estimate of drug-likeness (QED) is 0.586. The lowest BCUT2D eigenvalue weighted by atomic mass is 9.97. The first-order valence-corrected chi connectivity index (χ1v) is 12.1. The normalized spacial score (nSPS) is 15.1. The first kappa shape index (κ1) is 24.7. The third-order valence-electron chi connectivity index (χ3n) is 5.51. The number of carbonyl (C=O) groups excluding carboxylic acids is 2. The zero-order valence-corrected chi connectivity index (χ0v) is 19.4. The molecule has 1 fully saturated rings. The molecule has 1 aliphatic heterocycles. The minimum Gasteiger partial charge on any atom is -0.494 e. The number of amides is 1. The van der Waals surface area contributed by atoms with Crippen molar-refractivity contribution in [1.29, 1.82) is 0 Å². The molecule has 1 aliphatic rings. The van der Waals surface area contributed by atoms with Crippen molar-refractivity contribution in [3.8, 4) is 5.75 Å². The van der Waals surface area contributed by atoms with E-state index in [9.17, 15) is 22.4 Å². The highest BCUT2D eigenvalue weighted by Gasteiger charge is 2.32. The number of hydrogen-bond donors (Lipinski definition) is 1. The van der Waals surface area contributed by atoms with Crippen LogP contribution in [0, 0.1) is 11.7 Å². The Morgan fingerprint density at radius 1 is 1.12 bits per heavy atom. The molecule has 0 bridgehead atoms. The lowest BCUT2D eigenvalue weighted by Crippen LogP contribution is -2.42. The molecule has 10 heteroatoms. The van der Waals surface area contributed by atoms with Gasteiger partial charge >= 0.3 is 5.97 Å². The summed E-state index contributed by atoms with van der Waals surface area (Å²) in [7, 11) is -2.36. The first-order chi connectivity index (χ1) is 15.8. The van der Waals surface area contributed by atoms with Crippen LogP contribution in [-0.2, 0) is 26.1 Å².